The fourth-order valence-corrected chi connectivity index (χ4v) is 6.06. The number of ether oxygens (including phenoxy) is 7. The van der Waals surface area contributed by atoms with Gasteiger partial charge in [-0.2, -0.15) is 0 Å². The number of hydrogen-bond donors (Lipinski definition) is 8. The quantitative estimate of drug-likeness (QED) is 0.114. The predicted octanol–water partition coefficient (Wildman–Crippen LogP) is -2.05. The van der Waals surface area contributed by atoms with Gasteiger partial charge in [-0.25, -0.2) is 0 Å². The van der Waals surface area contributed by atoms with Crippen LogP contribution in [0.5, 0.6) is 0 Å². The van der Waals surface area contributed by atoms with E-state index in [4.69, 9.17) is 33.2 Å². The first kappa shape index (κ1) is 37.1. The van der Waals surface area contributed by atoms with E-state index < -0.39 is 105 Å². The summed E-state index contributed by atoms with van der Waals surface area (Å²) in [6.07, 6.45) is -20.4. The summed E-state index contributed by atoms with van der Waals surface area (Å²) in [4.78, 5) is 0. The highest BCUT2D eigenvalue weighted by molar-refractivity contribution is 5.14. The Labute approximate surface area is 277 Å². The van der Waals surface area contributed by atoms with E-state index in [2.05, 4.69) is 0 Å². The zero-order valence-electron chi connectivity index (χ0n) is 26.4. The number of benzene rings is 2. The zero-order valence-corrected chi connectivity index (χ0v) is 26.4. The summed E-state index contributed by atoms with van der Waals surface area (Å²) in [6.45, 7) is 0.0293. The van der Waals surface area contributed by atoms with Crippen LogP contribution >= 0.6 is 0 Å². The van der Waals surface area contributed by atoms with Crippen LogP contribution < -0.4 is 0 Å². The van der Waals surface area contributed by atoms with Crippen LogP contribution in [0.2, 0.25) is 0 Å². The topological polar surface area (TPSA) is 226 Å². The second kappa shape index (κ2) is 17.2. The van der Waals surface area contributed by atoms with E-state index in [1.807, 2.05) is 60.7 Å². The molecule has 268 valence electrons. The molecule has 5 rings (SSSR count). The Morgan fingerprint density at radius 2 is 1.10 bits per heavy atom. The SMILES string of the molecule is CC1O[C@@H](CO[C@@H]2C(O)[C@H](OCc3ccccc3)OC(CO)[C@H]2O[C@@H]2O[C@@H](CO)[C@H](O)C(O)C2O)C(OCc2ccccc2)[C@@H](O)[C@@H]1O. The lowest BCUT2D eigenvalue weighted by atomic mass is 9.95. The molecule has 0 bridgehead atoms. The summed E-state index contributed by atoms with van der Waals surface area (Å²) in [5.74, 6) is 0. The molecule has 3 heterocycles. The molecule has 0 radical (unpaired) electrons. The standard InChI is InChI=1S/C33H46O15/c1-17-23(36)26(39)29(42-14-18-8-4-2-5-9-18)22(45-17)16-43-31-28(41)32(44-15-19-10-6-3-7-11-19)47-21(13-35)30(31)48-33-27(40)25(38)24(37)20(12-34)46-33/h2-11,17,20-41H,12-16H2,1H3/t17?,20-,21?,22-,23+,24-,25?,26-,27?,28?,29?,30+,31+,32+,33-/m0/s1. The average molecular weight is 683 g/mol. The van der Waals surface area contributed by atoms with E-state index in [0.717, 1.165) is 11.1 Å². The van der Waals surface area contributed by atoms with Gasteiger partial charge in [0.25, 0.3) is 0 Å². The molecule has 8 N–H and O–H groups in total. The Balaban J connectivity index is 1.37. The van der Waals surface area contributed by atoms with Gasteiger partial charge in [0, 0.05) is 0 Å². The summed E-state index contributed by atoms with van der Waals surface area (Å²) in [7, 11) is 0. The van der Waals surface area contributed by atoms with E-state index in [1.54, 1.807) is 6.92 Å². The fraction of sp³-hybridized carbons (Fsp3) is 0.636. The van der Waals surface area contributed by atoms with Gasteiger partial charge in [0.15, 0.2) is 12.6 Å². The van der Waals surface area contributed by atoms with E-state index in [1.165, 1.54) is 0 Å². The molecule has 0 aromatic heterocycles. The van der Waals surface area contributed by atoms with E-state index in [9.17, 15) is 40.9 Å². The summed E-state index contributed by atoms with van der Waals surface area (Å²) in [5, 5.41) is 84.3. The molecule has 3 aliphatic rings. The van der Waals surface area contributed by atoms with Crippen molar-refractivity contribution < 1.29 is 74.0 Å². The number of rotatable bonds is 13. The second-order valence-electron chi connectivity index (χ2n) is 12.2. The Bertz CT molecular complexity index is 1220. The second-order valence-corrected chi connectivity index (χ2v) is 12.2. The van der Waals surface area contributed by atoms with Crippen molar-refractivity contribution in [3.05, 3.63) is 71.8 Å². The van der Waals surface area contributed by atoms with Gasteiger partial charge in [0.1, 0.15) is 73.2 Å². The van der Waals surface area contributed by atoms with Gasteiger partial charge >= 0.3 is 0 Å². The number of aliphatic hydroxyl groups excluding tert-OH is 8. The van der Waals surface area contributed by atoms with Crippen LogP contribution in [0.15, 0.2) is 60.7 Å². The lowest BCUT2D eigenvalue weighted by molar-refractivity contribution is -0.366. The monoisotopic (exact) mass is 682 g/mol. The molecule has 0 spiro atoms. The summed E-state index contributed by atoms with van der Waals surface area (Å²) in [5.41, 5.74) is 1.59. The van der Waals surface area contributed by atoms with Crippen LogP contribution in [0.3, 0.4) is 0 Å². The van der Waals surface area contributed by atoms with Gasteiger partial charge in [-0.05, 0) is 18.1 Å². The fourth-order valence-electron chi connectivity index (χ4n) is 6.06. The van der Waals surface area contributed by atoms with Crippen LogP contribution in [0.4, 0.5) is 0 Å². The Hall–Kier alpha value is -2.16. The normalized spacial score (nSPS) is 40.5. The molecule has 2 aromatic rings. The maximum absolute atomic E-state index is 11.5. The van der Waals surface area contributed by atoms with Crippen molar-refractivity contribution in [3.8, 4) is 0 Å². The molecule has 3 fully saturated rings. The molecule has 0 amide bonds. The van der Waals surface area contributed by atoms with E-state index in [0.29, 0.717) is 0 Å². The average Bonchev–Trinajstić information content (AvgIpc) is 3.10. The zero-order chi connectivity index (χ0) is 34.4. The largest absolute Gasteiger partial charge is 0.394 e. The van der Waals surface area contributed by atoms with Gasteiger partial charge in [-0.15, -0.1) is 0 Å². The van der Waals surface area contributed by atoms with Crippen molar-refractivity contribution in [2.45, 2.75) is 112 Å². The molecule has 15 nitrogen and oxygen atoms in total. The van der Waals surface area contributed by atoms with Crippen molar-refractivity contribution in [2.24, 2.45) is 0 Å². The minimum atomic E-state index is -1.79. The van der Waals surface area contributed by atoms with Crippen molar-refractivity contribution in [1.82, 2.24) is 0 Å². The van der Waals surface area contributed by atoms with Gasteiger partial charge in [-0.1, -0.05) is 60.7 Å². The first-order chi connectivity index (χ1) is 23.1. The maximum Gasteiger partial charge on any atom is 0.187 e. The van der Waals surface area contributed by atoms with Crippen LogP contribution in [-0.4, -0.2) is 153 Å². The molecule has 3 saturated heterocycles. The molecule has 15 heteroatoms. The molecule has 6 unspecified atom stereocenters. The molecule has 48 heavy (non-hydrogen) atoms. The minimum Gasteiger partial charge on any atom is -0.394 e. The Morgan fingerprint density at radius 3 is 1.71 bits per heavy atom. The first-order valence-corrected chi connectivity index (χ1v) is 16.0. The molecular weight excluding hydrogens is 636 g/mol. The van der Waals surface area contributed by atoms with Gasteiger partial charge in [0.2, 0.25) is 0 Å². The summed E-state index contributed by atoms with van der Waals surface area (Å²) >= 11 is 0. The lowest BCUT2D eigenvalue weighted by Gasteiger charge is -2.48. The Kier molecular flexibility index (Phi) is 13.3. The van der Waals surface area contributed by atoms with Crippen molar-refractivity contribution in [3.63, 3.8) is 0 Å². The highest BCUT2D eigenvalue weighted by Gasteiger charge is 2.52. The van der Waals surface area contributed by atoms with E-state index in [-0.39, 0.29) is 19.8 Å². The predicted molar refractivity (Wildman–Crippen MR) is 163 cm³/mol. The molecular formula is C33H46O15. The maximum atomic E-state index is 11.5. The third kappa shape index (κ3) is 8.58. The number of aliphatic hydroxyl groups is 8. The van der Waals surface area contributed by atoms with Gasteiger partial charge in [0.05, 0.1) is 39.1 Å². The third-order valence-corrected chi connectivity index (χ3v) is 8.85. The first-order valence-electron chi connectivity index (χ1n) is 16.0. The van der Waals surface area contributed by atoms with Crippen molar-refractivity contribution in [1.29, 1.82) is 0 Å². The molecule has 0 saturated carbocycles. The van der Waals surface area contributed by atoms with Crippen LogP contribution in [0, 0.1) is 0 Å². The van der Waals surface area contributed by atoms with Crippen molar-refractivity contribution >= 4 is 0 Å². The lowest BCUT2D eigenvalue weighted by Crippen LogP contribution is -2.65. The van der Waals surface area contributed by atoms with Crippen molar-refractivity contribution in [2.75, 3.05) is 19.8 Å². The highest BCUT2D eigenvalue weighted by atomic mass is 16.7. The van der Waals surface area contributed by atoms with E-state index >= 15 is 0 Å². The van der Waals surface area contributed by atoms with Crippen LogP contribution in [-0.2, 0) is 46.4 Å². The minimum absolute atomic E-state index is 0.0361. The third-order valence-electron chi connectivity index (χ3n) is 8.85. The van der Waals surface area contributed by atoms with Crippen LogP contribution in [0.25, 0.3) is 0 Å². The molecule has 15 atom stereocenters. The summed E-state index contributed by atoms with van der Waals surface area (Å²) in [6, 6.07) is 18.3. The smallest absolute Gasteiger partial charge is 0.187 e. The molecule has 2 aromatic carbocycles. The van der Waals surface area contributed by atoms with Crippen LogP contribution in [0.1, 0.15) is 18.1 Å². The summed E-state index contributed by atoms with van der Waals surface area (Å²) < 4.78 is 41.5. The highest BCUT2D eigenvalue weighted by Crippen LogP contribution is 2.33. The Morgan fingerprint density at radius 1 is 0.521 bits per heavy atom. The van der Waals surface area contributed by atoms with Gasteiger partial charge < -0.3 is 74.0 Å². The molecule has 3 aliphatic heterocycles. The number of hydrogen-bond acceptors (Lipinski definition) is 15. The van der Waals surface area contributed by atoms with Gasteiger partial charge in [-0.3, -0.25) is 0 Å². The molecule has 0 aliphatic carbocycles.